The Balaban J connectivity index is 1.84. The van der Waals surface area contributed by atoms with Crippen molar-refractivity contribution in [3.05, 3.63) is 42.1 Å². The molecule has 0 saturated heterocycles. The number of hydrogen-bond donors (Lipinski definition) is 2. The van der Waals surface area contributed by atoms with E-state index in [-0.39, 0.29) is 0 Å². The van der Waals surface area contributed by atoms with Crippen molar-refractivity contribution in [2.45, 2.75) is 6.54 Å². The van der Waals surface area contributed by atoms with Gasteiger partial charge < -0.3 is 19.5 Å². The summed E-state index contributed by atoms with van der Waals surface area (Å²) in [6, 6.07) is 9.89. The summed E-state index contributed by atoms with van der Waals surface area (Å²) in [7, 11) is 4.83. The standard InChI is InChI=1S/C17H19N3O3/c1-21-15-7-4-11(16(22-2)17(15)23-3)9-18-13-5-6-14-12(8-13)10-19-20-14/h4-8,10,18H,9H2,1-3H3,(H,19,20). The fourth-order valence-electron chi connectivity index (χ4n) is 2.55. The molecule has 6 nitrogen and oxygen atoms in total. The van der Waals surface area contributed by atoms with Crippen LogP contribution in [0.5, 0.6) is 17.2 Å². The topological polar surface area (TPSA) is 68.4 Å². The van der Waals surface area contributed by atoms with E-state index in [0.29, 0.717) is 23.8 Å². The maximum Gasteiger partial charge on any atom is 0.203 e. The lowest BCUT2D eigenvalue weighted by Gasteiger charge is -2.16. The molecule has 0 unspecified atom stereocenters. The number of hydrogen-bond acceptors (Lipinski definition) is 5. The number of aromatic amines is 1. The molecule has 120 valence electrons. The number of anilines is 1. The van der Waals surface area contributed by atoms with Gasteiger partial charge in [-0.1, -0.05) is 0 Å². The number of ether oxygens (including phenoxy) is 3. The minimum absolute atomic E-state index is 0.597. The van der Waals surface area contributed by atoms with Crippen LogP contribution >= 0.6 is 0 Å². The van der Waals surface area contributed by atoms with Crippen LogP contribution in [0.3, 0.4) is 0 Å². The quantitative estimate of drug-likeness (QED) is 0.731. The van der Waals surface area contributed by atoms with E-state index in [9.17, 15) is 0 Å². The molecule has 23 heavy (non-hydrogen) atoms. The molecule has 3 rings (SSSR count). The molecule has 0 fully saturated rings. The van der Waals surface area contributed by atoms with E-state index < -0.39 is 0 Å². The predicted molar refractivity (Wildman–Crippen MR) is 89.5 cm³/mol. The molecule has 2 aromatic carbocycles. The Hall–Kier alpha value is -2.89. The number of H-pyrrole nitrogens is 1. The van der Waals surface area contributed by atoms with Gasteiger partial charge in [0.1, 0.15) is 0 Å². The first-order valence-corrected chi connectivity index (χ1v) is 7.21. The lowest BCUT2D eigenvalue weighted by atomic mass is 10.1. The minimum atomic E-state index is 0.597. The third kappa shape index (κ3) is 2.88. The largest absolute Gasteiger partial charge is 0.493 e. The second-order valence-corrected chi connectivity index (χ2v) is 5.02. The summed E-state index contributed by atoms with van der Waals surface area (Å²) in [4.78, 5) is 0. The van der Waals surface area contributed by atoms with Crippen LogP contribution in [-0.2, 0) is 6.54 Å². The summed E-state index contributed by atoms with van der Waals surface area (Å²) in [5.41, 5.74) is 3.01. The van der Waals surface area contributed by atoms with Gasteiger partial charge in [-0.25, -0.2) is 0 Å². The molecule has 1 aromatic heterocycles. The van der Waals surface area contributed by atoms with Crippen LogP contribution in [0, 0.1) is 0 Å². The zero-order valence-electron chi connectivity index (χ0n) is 13.3. The number of rotatable bonds is 6. The smallest absolute Gasteiger partial charge is 0.203 e. The summed E-state index contributed by atoms with van der Waals surface area (Å²) in [6.07, 6.45) is 1.80. The Morgan fingerprint density at radius 1 is 1.00 bits per heavy atom. The van der Waals surface area contributed by atoms with Crippen molar-refractivity contribution >= 4 is 16.6 Å². The molecule has 2 N–H and O–H groups in total. The number of aromatic nitrogens is 2. The van der Waals surface area contributed by atoms with Gasteiger partial charge in [-0.3, -0.25) is 5.10 Å². The van der Waals surface area contributed by atoms with E-state index in [0.717, 1.165) is 22.2 Å². The van der Waals surface area contributed by atoms with Crippen LogP contribution in [0.15, 0.2) is 36.5 Å². The van der Waals surface area contributed by atoms with E-state index in [1.54, 1.807) is 27.5 Å². The molecule has 0 radical (unpaired) electrons. The lowest BCUT2D eigenvalue weighted by molar-refractivity contribution is 0.322. The molecule has 0 atom stereocenters. The highest BCUT2D eigenvalue weighted by atomic mass is 16.5. The van der Waals surface area contributed by atoms with Gasteiger partial charge in [-0.05, 0) is 30.3 Å². The Kier molecular flexibility index (Phi) is 4.23. The Morgan fingerprint density at radius 3 is 2.57 bits per heavy atom. The van der Waals surface area contributed by atoms with Crippen molar-refractivity contribution in [2.24, 2.45) is 0 Å². The van der Waals surface area contributed by atoms with Crippen molar-refractivity contribution in [1.82, 2.24) is 10.2 Å². The van der Waals surface area contributed by atoms with Gasteiger partial charge in [0.15, 0.2) is 11.5 Å². The van der Waals surface area contributed by atoms with Gasteiger partial charge >= 0.3 is 0 Å². The molecule has 0 aliphatic rings. The number of methoxy groups -OCH3 is 3. The van der Waals surface area contributed by atoms with Crippen molar-refractivity contribution in [3.8, 4) is 17.2 Å². The van der Waals surface area contributed by atoms with Gasteiger partial charge in [0.05, 0.1) is 33.0 Å². The molecule has 1 heterocycles. The lowest BCUT2D eigenvalue weighted by Crippen LogP contribution is -2.04. The molecule has 0 spiro atoms. The number of nitrogens with zero attached hydrogens (tertiary/aromatic N) is 1. The number of benzene rings is 2. The molecular weight excluding hydrogens is 294 g/mol. The minimum Gasteiger partial charge on any atom is -0.493 e. The second kappa shape index (κ2) is 6.48. The summed E-state index contributed by atoms with van der Waals surface area (Å²) < 4.78 is 16.2. The van der Waals surface area contributed by atoms with Crippen LogP contribution in [-0.4, -0.2) is 31.5 Å². The summed E-state index contributed by atoms with van der Waals surface area (Å²) in [5, 5.41) is 11.4. The molecule has 0 saturated carbocycles. The molecule has 0 amide bonds. The van der Waals surface area contributed by atoms with Crippen molar-refractivity contribution < 1.29 is 14.2 Å². The van der Waals surface area contributed by atoms with Gasteiger partial charge in [-0.2, -0.15) is 5.10 Å². The van der Waals surface area contributed by atoms with Crippen LogP contribution in [0.25, 0.3) is 10.9 Å². The fourth-order valence-corrected chi connectivity index (χ4v) is 2.55. The second-order valence-electron chi connectivity index (χ2n) is 5.02. The van der Waals surface area contributed by atoms with Crippen LogP contribution < -0.4 is 19.5 Å². The summed E-state index contributed by atoms with van der Waals surface area (Å²) in [6.45, 7) is 0.604. The molecule has 0 bridgehead atoms. The van der Waals surface area contributed by atoms with Crippen LogP contribution in [0.1, 0.15) is 5.56 Å². The van der Waals surface area contributed by atoms with Gasteiger partial charge in [0.25, 0.3) is 0 Å². The van der Waals surface area contributed by atoms with E-state index in [1.807, 2.05) is 30.3 Å². The molecule has 3 aromatic rings. The first-order valence-electron chi connectivity index (χ1n) is 7.21. The SMILES string of the molecule is COc1ccc(CNc2ccc3[nH]ncc3c2)c(OC)c1OC. The van der Waals surface area contributed by atoms with E-state index in [1.165, 1.54) is 0 Å². The van der Waals surface area contributed by atoms with Crippen molar-refractivity contribution in [1.29, 1.82) is 0 Å². The van der Waals surface area contributed by atoms with Crippen molar-refractivity contribution in [3.63, 3.8) is 0 Å². The van der Waals surface area contributed by atoms with Crippen molar-refractivity contribution in [2.75, 3.05) is 26.6 Å². The zero-order chi connectivity index (χ0) is 16.2. The third-order valence-corrected chi connectivity index (χ3v) is 3.71. The van der Waals surface area contributed by atoms with E-state index in [2.05, 4.69) is 15.5 Å². The zero-order valence-corrected chi connectivity index (χ0v) is 13.3. The first kappa shape index (κ1) is 15.0. The Labute approximate surface area is 134 Å². The summed E-state index contributed by atoms with van der Waals surface area (Å²) >= 11 is 0. The maximum atomic E-state index is 5.50. The average molecular weight is 313 g/mol. The molecule has 0 aliphatic heterocycles. The van der Waals surface area contributed by atoms with Gasteiger partial charge in [-0.15, -0.1) is 0 Å². The number of fused-ring (bicyclic) bond motifs is 1. The number of nitrogens with one attached hydrogen (secondary N) is 2. The highest BCUT2D eigenvalue weighted by molar-refractivity contribution is 5.81. The van der Waals surface area contributed by atoms with E-state index in [4.69, 9.17) is 14.2 Å². The van der Waals surface area contributed by atoms with Crippen LogP contribution in [0.4, 0.5) is 5.69 Å². The van der Waals surface area contributed by atoms with Gasteiger partial charge in [0.2, 0.25) is 5.75 Å². The molecule has 0 aliphatic carbocycles. The Morgan fingerprint density at radius 2 is 1.83 bits per heavy atom. The highest BCUT2D eigenvalue weighted by Crippen LogP contribution is 2.39. The average Bonchev–Trinajstić information content (AvgIpc) is 3.06. The van der Waals surface area contributed by atoms with Gasteiger partial charge in [0, 0.05) is 23.2 Å². The first-order chi connectivity index (χ1) is 11.3. The maximum absolute atomic E-state index is 5.50. The highest BCUT2D eigenvalue weighted by Gasteiger charge is 2.15. The normalized spacial score (nSPS) is 10.6. The molecule has 6 heteroatoms. The monoisotopic (exact) mass is 313 g/mol. The predicted octanol–water partition coefficient (Wildman–Crippen LogP) is 3.20. The third-order valence-electron chi connectivity index (χ3n) is 3.71. The Bertz CT molecular complexity index is 814. The van der Waals surface area contributed by atoms with E-state index >= 15 is 0 Å². The summed E-state index contributed by atoms with van der Waals surface area (Å²) in [5.74, 6) is 1.91. The fraction of sp³-hybridized carbons (Fsp3) is 0.235. The molecular formula is C17H19N3O3. The van der Waals surface area contributed by atoms with Crippen LogP contribution in [0.2, 0.25) is 0 Å².